The standard InChI is InChI=1S/C18H24N2O2/c21-18(22)10-4-6-12-20-11-5-3-9-17(20)16-13-14-7-1-2-8-15(14)19-16/h1-2,7-8,13,17,19H,3-6,9-12H2,(H,21,22)/t17-/m0/s1. The number of carbonyl (C=O) groups is 1. The lowest BCUT2D eigenvalue weighted by molar-refractivity contribution is -0.137. The van der Waals surface area contributed by atoms with E-state index < -0.39 is 5.97 Å². The molecule has 0 radical (unpaired) electrons. The van der Waals surface area contributed by atoms with Gasteiger partial charge in [-0.15, -0.1) is 0 Å². The van der Waals surface area contributed by atoms with Crippen molar-refractivity contribution in [1.29, 1.82) is 0 Å². The molecule has 1 aromatic heterocycles. The van der Waals surface area contributed by atoms with Crippen LogP contribution in [0.1, 0.15) is 50.3 Å². The maximum atomic E-state index is 10.6. The summed E-state index contributed by atoms with van der Waals surface area (Å²) < 4.78 is 0. The number of para-hydroxylation sites is 1. The highest BCUT2D eigenvalue weighted by Crippen LogP contribution is 2.32. The van der Waals surface area contributed by atoms with Crippen molar-refractivity contribution in [2.24, 2.45) is 0 Å². The number of aromatic amines is 1. The number of hydrogen-bond donors (Lipinski definition) is 2. The van der Waals surface area contributed by atoms with Crippen LogP contribution in [-0.2, 0) is 4.79 Å². The van der Waals surface area contributed by atoms with E-state index in [1.165, 1.54) is 35.9 Å². The minimum absolute atomic E-state index is 0.283. The Morgan fingerprint density at radius 3 is 2.95 bits per heavy atom. The van der Waals surface area contributed by atoms with Crippen LogP contribution in [0.2, 0.25) is 0 Å². The largest absolute Gasteiger partial charge is 0.481 e. The summed E-state index contributed by atoms with van der Waals surface area (Å²) in [6.07, 6.45) is 5.71. The fourth-order valence-corrected chi connectivity index (χ4v) is 3.48. The molecular weight excluding hydrogens is 276 g/mol. The first-order chi connectivity index (χ1) is 10.7. The molecule has 1 fully saturated rings. The molecule has 0 saturated carbocycles. The predicted molar refractivity (Wildman–Crippen MR) is 88.0 cm³/mol. The molecule has 0 aliphatic carbocycles. The molecule has 118 valence electrons. The molecular formula is C18H24N2O2. The lowest BCUT2D eigenvalue weighted by Crippen LogP contribution is -2.34. The van der Waals surface area contributed by atoms with Crippen LogP contribution in [0.15, 0.2) is 30.3 Å². The van der Waals surface area contributed by atoms with Gasteiger partial charge in [0.15, 0.2) is 0 Å². The van der Waals surface area contributed by atoms with Crippen molar-refractivity contribution in [2.75, 3.05) is 13.1 Å². The predicted octanol–water partition coefficient (Wildman–Crippen LogP) is 3.95. The molecule has 1 atom stereocenters. The second kappa shape index (κ2) is 6.97. The summed E-state index contributed by atoms with van der Waals surface area (Å²) in [5.74, 6) is -0.689. The van der Waals surface area contributed by atoms with Gasteiger partial charge in [-0.1, -0.05) is 24.6 Å². The van der Waals surface area contributed by atoms with Gasteiger partial charge in [0, 0.05) is 23.7 Å². The Bertz CT molecular complexity index is 602. The second-order valence-electron chi connectivity index (χ2n) is 6.21. The van der Waals surface area contributed by atoms with Gasteiger partial charge in [0.25, 0.3) is 0 Å². The molecule has 0 bridgehead atoms. The van der Waals surface area contributed by atoms with Crippen LogP contribution >= 0.6 is 0 Å². The third-order valence-corrected chi connectivity index (χ3v) is 4.61. The molecule has 3 rings (SSSR count). The number of hydrogen-bond acceptors (Lipinski definition) is 2. The van der Waals surface area contributed by atoms with E-state index in [0.717, 1.165) is 25.9 Å². The van der Waals surface area contributed by atoms with Crippen LogP contribution < -0.4 is 0 Å². The van der Waals surface area contributed by atoms with Gasteiger partial charge in [-0.3, -0.25) is 9.69 Å². The molecule has 4 nitrogen and oxygen atoms in total. The number of rotatable bonds is 6. The molecule has 2 heterocycles. The summed E-state index contributed by atoms with van der Waals surface area (Å²) in [5, 5.41) is 10.0. The van der Waals surface area contributed by atoms with Crippen LogP contribution in [0.25, 0.3) is 10.9 Å². The van der Waals surface area contributed by atoms with E-state index in [4.69, 9.17) is 5.11 Å². The van der Waals surface area contributed by atoms with Gasteiger partial charge < -0.3 is 10.1 Å². The number of nitrogens with zero attached hydrogens (tertiary/aromatic N) is 1. The third kappa shape index (κ3) is 3.50. The van der Waals surface area contributed by atoms with E-state index in [2.05, 4.69) is 40.2 Å². The van der Waals surface area contributed by atoms with Crippen LogP contribution in [0.4, 0.5) is 0 Å². The van der Waals surface area contributed by atoms with Gasteiger partial charge in [-0.05, 0) is 56.3 Å². The molecule has 2 aromatic rings. The Kier molecular flexibility index (Phi) is 4.78. The average Bonchev–Trinajstić information content (AvgIpc) is 2.95. The number of carboxylic acid groups (broad SMARTS) is 1. The fraction of sp³-hybridized carbons (Fsp3) is 0.500. The number of H-pyrrole nitrogens is 1. The van der Waals surface area contributed by atoms with Gasteiger partial charge in [-0.2, -0.15) is 0 Å². The SMILES string of the molecule is O=C(O)CCCCN1CCCC[C@H]1c1cc2ccccc2[nH]1. The first-order valence-corrected chi connectivity index (χ1v) is 8.27. The fourth-order valence-electron chi connectivity index (χ4n) is 3.48. The zero-order valence-corrected chi connectivity index (χ0v) is 12.9. The number of likely N-dealkylation sites (tertiary alicyclic amines) is 1. The normalized spacial score (nSPS) is 19.5. The van der Waals surface area contributed by atoms with Crippen molar-refractivity contribution < 1.29 is 9.90 Å². The van der Waals surface area contributed by atoms with E-state index in [9.17, 15) is 4.79 Å². The molecule has 0 spiro atoms. The topological polar surface area (TPSA) is 56.3 Å². The highest BCUT2D eigenvalue weighted by Gasteiger charge is 2.24. The summed E-state index contributed by atoms with van der Waals surface area (Å²) in [7, 11) is 0. The summed E-state index contributed by atoms with van der Waals surface area (Å²) >= 11 is 0. The maximum absolute atomic E-state index is 10.6. The molecule has 4 heteroatoms. The molecule has 0 amide bonds. The van der Waals surface area contributed by atoms with Crippen LogP contribution in [0.3, 0.4) is 0 Å². The van der Waals surface area contributed by atoms with E-state index in [-0.39, 0.29) is 6.42 Å². The minimum atomic E-state index is -0.689. The number of fused-ring (bicyclic) bond motifs is 1. The van der Waals surface area contributed by atoms with E-state index in [1.54, 1.807) is 0 Å². The number of piperidine rings is 1. The molecule has 1 saturated heterocycles. The molecule has 1 aliphatic rings. The lowest BCUT2D eigenvalue weighted by Gasteiger charge is -2.35. The van der Waals surface area contributed by atoms with Crippen molar-refractivity contribution in [3.8, 4) is 0 Å². The summed E-state index contributed by atoms with van der Waals surface area (Å²) in [5.41, 5.74) is 2.51. The number of nitrogens with one attached hydrogen (secondary N) is 1. The number of carboxylic acids is 1. The molecule has 1 aliphatic heterocycles. The van der Waals surface area contributed by atoms with E-state index in [1.807, 2.05) is 0 Å². The van der Waals surface area contributed by atoms with E-state index >= 15 is 0 Å². The number of aromatic nitrogens is 1. The molecule has 1 aromatic carbocycles. The Hall–Kier alpha value is -1.81. The van der Waals surface area contributed by atoms with Gasteiger partial charge in [-0.25, -0.2) is 0 Å². The molecule has 22 heavy (non-hydrogen) atoms. The van der Waals surface area contributed by atoms with Gasteiger partial charge in [0.05, 0.1) is 0 Å². The maximum Gasteiger partial charge on any atom is 0.303 e. The number of unbranched alkanes of at least 4 members (excludes halogenated alkanes) is 1. The Morgan fingerprint density at radius 2 is 2.14 bits per heavy atom. The minimum Gasteiger partial charge on any atom is -0.481 e. The monoisotopic (exact) mass is 300 g/mol. The molecule has 2 N–H and O–H groups in total. The highest BCUT2D eigenvalue weighted by molar-refractivity contribution is 5.80. The average molecular weight is 300 g/mol. The van der Waals surface area contributed by atoms with Crippen LogP contribution in [0.5, 0.6) is 0 Å². The van der Waals surface area contributed by atoms with Crippen LogP contribution in [0, 0.1) is 0 Å². The summed E-state index contributed by atoms with van der Waals surface area (Å²) in [6, 6.07) is 11.1. The van der Waals surface area contributed by atoms with E-state index in [0.29, 0.717) is 6.04 Å². The van der Waals surface area contributed by atoms with Crippen molar-refractivity contribution in [2.45, 2.75) is 44.6 Å². The number of benzene rings is 1. The Balaban J connectivity index is 1.67. The smallest absolute Gasteiger partial charge is 0.303 e. The van der Waals surface area contributed by atoms with Gasteiger partial charge in [0.1, 0.15) is 0 Å². The summed E-state index contributed by atoms with van der Waals surface area (Å²) in [6.45, 7) is 2.11. The zero-order valence-electron chi connectivity index (χ0n) is 12.9. The van der Waals surface area contributed by atoms with Gasteiger partial charge >= 0.3 is 5.97 Å². The Labute approximate surface area is 131 Å². The highest BCUT2D eigenvalue weighted by atomic mass is 16.4. The first kappa shape index (κ1) is 15.1. The van der Waals surface area contributed by atoms with Crippen molar-refractivity contribution >= 4 is 16.9 Å². The van der Waals surface area contributed by atoms with Crippen molar-refractivity contribution in [3.05, 3.63) is 36.0 Å². The zero-order chi connectivity index (χ0) is 15.4. The third-order valence-electron chi connectivity index (χ3n) is 4.61. The van der Waals surface area contributed by atoms with Crippen LogP contribution in [-0.4, -0.2) is 34.0 Å². The quantitative estimate of drug-likeness (QED) is 0.794. The summed E-state index contributed by atoms with van der Waals surface area (Å²) in [4.78, 5) is 16.7. The molecule has 0 unspecified atom stereocenters. The van der Waals surface area contributed by atoms with Crippen molar-refractivity contribution in [1.82, 2.24) is 9.88 Å². The Morgan fingerprint density at radius 1 is 1.27 bits per heavy atom. The van der Waals surface area contributed by atoms with Gasteiger partial charge in [0.2, 0.25) is 0 Å². The number of aliphatic carboxylic acids is 1. The first-order valence-electron chi connectivity index (χ1n) is 8.27. The lowest BCUT2D eigenvalue weighted by atomic mass is 9.98. The van der Waals surface area contributed by atoms with Crippen molar-refractivity contribution in [3.63, 3.8) is 0 Å². The second-order valence-corrected chi connectivity index (χ2v) is 6.21.